The molecule has 0 aliphatic heterocycles. The molecule has 0 aliphatic carbocycles. The highest BCUT2D eigenvalue weighted by Gasteiger charge is 2.05. The Morgan fingerprint density at radius 1 is 0.710 bits per heavy atom. The van der Waals surface area contributed by atoms with Crippen molar-refractivity contribution in [1.29, 1.82) is 0 Å². The van der Waals surface area contributed by atoms with Gasteiger partial charge in [0.2, 0.25) is 5.91 Å². The summed E-state index contributed by atoms with van der Waals surface area (Å²) in [4.78, 5) is 10.6. The molecule has 0 fully saturated rings. The Bertz CT molecular complexity index is 521. The van der Waals surface area contributed by atoms with Crippen LogP contribution in [-0.4, -0.2) is 17.6 Å². The zero-order valence-electron chi connectivity index (χ0n) is 20.4. The number of aliphatic hydroxyl groups excluding tert-OH is 1. The van der Waals surface area contributed by atoms with Crippen LogP contribution in [-0.2, 0) is 4.79 Å². The molecule has 0 rings (SSSR count). The van der Waals surface area contributed by atoms with Crippen molar-refractivity contribution in [2.45, 2.75) is 135 Å². The third kappa shape index (κ3) is 24.7. The number of hydrogen-bond donors (Lipinski definition) is 2. The molecule has 178 valence electrons. The van der Waals surface area contributed by atoms with E-state index in [2.05, 4.69) is 30.6 Å². The van der Waals surface area contributed by atoms with E-state index in [0.29, 0.717) is 18.9 Å². The van der Waals surface area contributed by atoms with Crippen molar-refractivity contribution < 1.29 is 9.90 Å². The molecule has 31 heavy (non-hydrogen) atoms. The molecule has 1 amide bonds. The lowest BCUT2D eigenvalue weighted by Crippen LogP contribution is -2.09. The number of carbonyl (C=O) groups is 1. The second-order valence-electron chi connectivity index (χ2n) is 8.90. The molecule has 0 spiro atoms. The minimum atomic E-state index is -0.186. The number of nitrogens with two attached hydrogens (primary N) is 1. The van der Waals surface area contributed by atoms with Crippen LogP contribution in [0.25, 0.3) is 0 Å². The van der Waals surface area contributed by atoms with E-state index in [9.17, 15) is 9.90 Å². The summed E-state index contributed by atoms with van der Waals surface area (Å²) in [5, 5.41) is 9.31. The number of carbonyl (C=O) groups excluding carboxylic acids is 1. The first kappa shape index (κ1) is 29.5. The molecule has 0 aromatic carbocycles. The van der Waals surface area contributed by atoms with Gasteiger partial charge in [-0.15, -0.1) is 0 Å². The average Bonchev–Trinajstić information content (AvgIpc) is 2.76. The van der Waals surface area contributed by atoms with Crippen LogP contribution in [0.15, 0.2) is 0 Å². The number of unbranched alkanes of at least 4 members (excludes halogenated alkanes) is 14. The van der Waals surface area contributed by atoms with Gasteiger partial charge in [0.25, 0.3) is 0 Å². The van der Waals surface area contributed by atoms with Crippen molar-refractivity contribution >= 4 is 5.91 Å². The minimum Gasteiger partial charge on any atom is -0.396 e. The lowest BCUT2D eigenvalue weighted by molar-refractivity contribution is -0.118. The Balaban J connectivity index is 3.32. The van der Waals surface area contributed by atoms with E-state index in [1.807, 2.05) is 0 Å². The molecule has 0 aromatic heterocycles. The predicted octanol–water partition coefficient (Wildman–Crippen LogP) is 6.91. The monoisotopic (exact) mass is 431 g/mol. The van der Waals surface area contributed by atoms with E-state index >= 15 is 0 Å². The Morgan fingerprint density at radius 2 is 1.16 bits per heavy atom. The molecule has 1 atom stereocenters. The quantitative estimate of drug-likeness (QED) is 0.153. The zero-order valence-corrected chi connectivity index (χ0v) is 20.4. The summed E-state index contributed by atoms with van der Waals surface area (Å²) in [5.41, 5.74) is 5.12. The Kier molecular flexibility index (Phi) is 23.7. The van der Waals surface area contributed by atoms with Gasteiger partial charge in [0.1, 0.15) is 0 Å². The smallest absolute Gasteiger partial charge is 0.217 e. The van der Waals surface area contributed by atoms with Gasteiger partial charge in [-0.1, -0.05) is 95.8 Å². The van der Waals surface area contributed by atoms with Crippen LogP contribution in [0.2, 0.25) is 0 Å². The van der Waals surface area contributed by atoms with Crippen LogP contribution in [0.1, 0.15) is 135 Å². The first-order chi connectivity index (χ1) is 15.2. The Morgan fingerprint density at radius 3 is 1.61 bits per heavy atom. The van der Waals surface area contributed by atoms with Crippen molar-refractivity contribution in [3.05, 3.63) is 0 Å². The highest BCUT2D eigenvalue weighted by Crippen LogP contribution is 2.16. The Labute approximate surface area is 193 Å². The molecule has 0 radical (unpaired) electrons. The maximum Gasteiger partial charge on any atom is 0.217 e. The Hall–Kier alpha value is -1.45. The highest BCUT2D eigenvalue weighted by atomic mass is 16.3. The van der Waals surface area contributed by atoms with E-state index in [0.717, 1.165) is 32.1 Å². The molecular formula is C28H49NO2. The van der Waals surface area contributed by atoms with Gasteiger partial charge in [-0.3, -0.25) is 4.79 Å². The van der Waals surface area contributed by atoms with Gasteiger partial charge < -0.3 is 10.8 Å². The second kappa shape index (κ2) is 24.8. The van der Waals surface area contributed by atoms with E-state index in [1.165, 1.54) is 89.9 Å². The summed E-state index contributed by atoms with van der Waals surface area (Å²) in [6.07, 6.45) is 23.2. The maximum atomic E-state index is 10.6. The number of rotatable bonds is 21. The van der Waals surface area contributed by atoms with Crippen LogP contribution in [0.4, 0.5) is 0 Å². The molecular weight excluding hydrogens is 382 g/mol. The lowest BCUT2D eigenvalue weighted by atomic mass is 9.97. The maximum absolute atomic E-state index is 10.6. The zero-order chi connectivity index (χ0) is 22.8. The lowest BCUT2D eigenvalue weighted by Gasteiger charge is -2.12. The fourth-order valence-electron chi connectivity index (χ4n) is 3.88. The molecule has 1 unspecified atom stereocenters. The molecule has 3 heteroatoms. The first-order valence-electron chi connectivity index (χ1n) is 13.1. The molecule has 0 saturated carbocycles. The van der Waals surface area contributed by atoms with Gasteiger partial charge in [0, 0.05) is 25.9 Å². The highest BCUT2D eigenvalue weighted by molar-refractivity contribution is 5.73. The molecule has 3 N–H and O–H groups in total. The summed E-state index contributed by atoms with van der Waals surface area (Å²) in [6, 6.07) is 0. The van der Waals surface area contributed by atoms with Gasteiger partial charge in [0.05, 0.1) is 0 Å². The molecule has 0 saturated heterocycles. The number of amides is 1. The van der Waals surface area contributed by atoms with Gasteiger partial charge in [0.15, 0.2) is 0 Å². The van der Waals surface area contributed by atoms with E-state index in [1.54, 1.807) is 0 Å². The molecule has 0 bridgehead atoms. The van der Waals surface area contributed by atoms with Crippen molar-refractivity contribution in [3.8, 4) is 23.7 Å². The first-order valence-corrected chi connectivity index (χ1v) is 13.1. The largest absolute Gasteiger partial charge is 0.396 e. The summed E-state index contributed by atoms with van der Waals surface area (Å²) in [6.45, 7) is 2.56. The van der Waals surface area contributed by atoms with Crippen LogP contribution >= 0.6 is 0 Å². The average molecular weight is 432 g/mol. The topological polar surface area (TPSA) is 63.3 Å². The molecule has 0 aromatic rings. The van der Waals surface area contributed by atoms with Crippen molar-refractivity contribution in [3.63, 3.8) is 0 Å². The molecule has 3 nitrogen and oxygen atoms in total. The minimum absolute atomic E-state index is 0.186. The van der Waals surface area contributed by atoms with E-state index < -0.39 is 0 Å². The van der Waals surface area contributed by atoms with Crippen LogP contribution in [0, 0.1) is 29.6 Å². The fourth-order valence-corrected chi connectivity index (χ4v) is 3.88. The van der Waals surface area contributed by atoms with Crippen LogP contribution in [0.5, 0.6) is 0 Å². The number of aliphatic hydroxyl groups is 1. The summed E-state index contributed by atoms with van der Waals surface area (Å²) < 4.78 is 0. The number of primary amides is 1. The van der Waals surface area contributed by atoms with Gasteiger partial charge >= 0.3 is 0 Å². The predicted molar refractivity (Wildman–Crippen MR) is 133 cm³/mol. The van der Waals surface area contributed by atoms with E-state index in [-0.39, 0.29) is 5.91 Å². The second-order valence-corrected chi connectivity index (χ2v) is 8.90. The van der Waals surface area contributed by atoms with Gasteiger partial charge in [-0.25, -0.2) is 0 Å². The number of hydrogen-bond acceptors (Lipinski definition) is 2. The third-order valence-corrected chi connectivity index (χ3v) is 5.83. The standard InChI is InChI=1S/C28H49NO2/c1-2-23-27(26-30)24-21-19-17-15-13-11-9-7-5-3-4-6-8-10-12-14-16-18-20-22-25-28(29)31/h27,30H,2,5,7,9-26H2,1H3,(H2,29,31). The van der Waals surface area contributed by atoms with Crippen LogP contribution < -0.4 is 5.73 Å². The van der Waals surface area contributed by atoms with Gasteiger partial charge in [-0.2, -0.15) is 0 Å². The normalized spacial score (nSPS) is 11.3. The molecule has 0 aliphatic rings. The third-order valence-electron chi connectivity index (χ3n) is 5.83. The summed E-state index contributed by atoms with van der Waals surface area (Å²) >= 11 is 0. The van der Waals surface area contributed by atoms with Crippen LogP contribution in [0.3, 0.4) is 0 Å². The SMILES string of the molecule is CCCC(CO)CCCCCCCCCCC#CC#CCCCCCCCCC(N)=O. The summed E-state index contributed by atoms with van der Waals surface area (Å²) in [7, 11) is 0. The van der Waals surface area contributed by atoms with Crippen molar-refractivity contribution in [1.82, 2.24) is 0 Å². The summed E-state index contributed by atoms with van der Waals surface area (Å²) in [5.74, 6) is 12.7. The van der Waals surface area contributed by atoms with Crippen molar-refractivity contribution in [2.75, 3.05) is 6.61 Å². The molecule has 0 heterocycles. The van der Waals surface area contributed by atoms with Gasteiger partial charge in [-0.05, 0) is 49.9 Å². The van der Waals surface area contributed by atoms with Crippen molar-refractivity contribution in [2.24, 2.45) is 11.7 Å². The van der Waals surface area contributed by atoms with E-state index in [4.69, 9.17) is 5.73 Å². The fraction of sp³-hybridized carbons (Fsp3) is 0.821.